The Morgan fingerprint density at radius 3 is 2.80 bits per heavy atom. The summed E-state index contributed by atoms with van der Waals surface area (Å²) in [7, 11) is 2.07. The van der Waals surface area contributed by atoms with E-state index < -0.39 is 0 Å². The van der Waals surface area contributed by atoms with Gasteiger partial charge in [0.15, 0.2) is 0 Å². The minimum atomic E-state index is 0.547. The standard InChI is InChI=1S/C12H21N3/c1-10-8-9-15(14-10)12-7-5-3-4-6-11(12)13-2/h8-9,11-13H,3-7H2,1-2H3. The lowest BCUT2D eigenvalue weighted by atomic mass is 10.0. The van der Waals surface area contributed by atoms with Crippen LogP contribution < -0.4 is 5.32 Å². The quantitative estimate of drug-likeness (QED) is 0.754. The number of hydrogen-bond donors (Lipinski definition) is 1. The van der Waals surface area contributed by atoms with Gasteiger partial charge >= 0.3 is 0 Å². The predicted molar refractivity (Wildman–Crippen MR) is 61.9 cm³/mol. The number of nitrogens with one attached hydrogen (secondary N) is 1. The van der Waals surface area contributed by atoms with Crippen molar-refractivity contribution in [1.82, 2.24) is 15.1 Å². The highest BCUT2D eigenvalue weighted by Gasteiger charge is 2.23. The lowest BCUT2D eigenvalue weighted by Crippen LogP contribution is -2.34. The van der Waals surface area contributed by atoms with Gasteiger partial charge in [-0.25, -0.2) is 0 Å². The number of aryl methyl sites for hydroxylation is 1. The highest BCUT2D eigenvalue weighted by molar-refractivity contribution is 4.97. The summed E-state index contributed by atoms with van der Waals surface area (Å²) in [5.74, 6) is 0. The molecule has 1 aromatic heterocycles. The van der Waals surface area contributed by atoms with Crippen molar-refractivity contribution in [3.05, 3.63) is 18.0 Å². The van der Waals surface area contributed by atoms with Crippen molar-refractivity contribution in [2.75, 3.05) is 7.05 Å². The molecule has 1 heterocycles. The maximum atomic E-state index is 4.55. The number of nitrogens with zero attached hydrogens (tertiary/aromatic N) is 2. The molecule has 0 bridgehead atoms. The largest absolute Gasteiger partial charge is 0.315 e. The lowest BCUT2D eigenvalue weighted by Gasteiger charge is -2.25. The van der Waals surface area contributed by atoms with E-state index in [2.05, 4.69) is 41.3 Å². The number of rotatable bonds is 2. The van der Waals surface area contributed by atoms with E-state index >= 15 is 0 Å². The smallest absolute Gasteiger partial charge is 0.0672 e. The molecule has 0 radical (unpaired) electrons. The Bertz CT molecular complexity index is 306. The zero-order valence-corrected chi connectivity index (χ0v) is 9.74. The van der Waals surface area contributed by atoms with Gasteiger partial charge < -0.3 is 5.32 Å². The molecular formula is C12H21N3. The van der Waals surface area contributed by atoms with Crippen LogP contribution in [0.1, 0.15) is 43.8 Å². The van der Waals surface area contributed by atoms with E-state index in [1.807, 2.05) is 0 Å². The van der Waals surface area contributed by atoms with Crippen LogP contribution in [0.15, 0.2) is 12.3 Å². The van der Waals surface area contributed by atoms with Crippen LogP contribution in [0.25, 0.3) is 0 Å². The average molecular weight is 207 g/mol. The first-order chi connectivity index (χ1) is 7.31. The minimum absolute atomic E-state index is 0.547. The molecule has 1 aliphatic carbocycles. The summed E-state index contributed by atoms with van der Waals surface area (Å²) >= 11 is 0. The fourth-order valence-electron chi connectivity index (χ4n) is 2.56. The molecule has 1 saturated carbocycles. The van der Waals surface area contributed by atoms with Gasteiger partial charge in [-0.15, -0.1) is 0 Å². The van der Waals surface area contributed by atoms with Gasteiger partial charge in [-0.2, -0.15) is 5.10 Å². The molecule has 0 amide bonds. The zero-order chi connectivity index (χ0) is 10.7. The topological polar surface area (TPSA) is 29.9 Å². The third-order valence-corrected chi connectivity index (χ3v) is 3.43. The maximum absolute atomic E-state index is 4.55. The van der Waals surface area contributed by atoms with Crippen molar-refractivity contribution in [2.24, 2.45) is 0 Å². The molecule has 2 atom stereocenters. The normalized spacial score (nSPS) is 27.6. The Morgan fingerprint density at radius 2 is 2.13 bits per heavy atom. The first-order valence-corrected chi connectivity index (χ1v) is 6.00. The second kappa shape index (κ2) is 4.79. The SMILES string of the molecule is CNC1CCCCCC1n1ccc(C)n1. The molecule has 0 aromatic carbocycles. The van der Waals surface area contributed by atoms with Crippen LogP contribution in [0.3, 0.4) is 0 Å². The van der Waals surface area contributed by atoms with Crippen molar-refractivity contribution >= 4 is 0 Å². The summed E-state index contributed by atoms with van der Waals surface area (Å²) in [5.41, 5.74) is 1.12. The van der Waals surface area contributed by atoms with Gasteiger partial charge in [0.1, 0.15) is 0 Å². The molecule has 0 aliphatic heterocycles. The van der Waals surface area contributed by atoms with Crippen LogP contribution in [0.4, 0.5) is 0 Å². The third kappa shape index (κ3) is 2.40. The van der Waals surface area contributed by atoms with Crippen LogP contribution >= 0.6 is 0 Å². The van der Waals surface area contributed by atoms with Crippen LogP contribution in [-0.4, -0.2) is 22.9 Å². The molecule has 15 heavy (non-hydrogen) atoms. The molecule has 2 rings (SSSR count). The van der Waals surface area contributed by atoms with Crippen molar-refractivity contribution < 1.29 is 0 Å². The summed E-state index contributed by atoms with van der Waals surface area (Å²) in [6, 6.07) is 3.23. The van der Waals surface area contributed by atoms with Crippen LogP contribution in [0.2, 0.25) is 0 Å². The molecule has 1 fully saturated rings. The Labute approximate surface area is 91.9 Å². The van der Waals surface area contributed by atoms with Gasteiger partial charge in [-0.3, -0.25) is 4.68 Å². The number of hydrogen-bond acceptors (Lipinski definition) is 2. The Morgan fingerprint density at radius 1 is 1.33 bits per heavy atom. The van der Waals surface area contributed by atoms with E-state index in [1.165, 1.54) is 32.1 Å². The first kappa shape index (κ1) is 10.7. The van der Waals surface area contributed by atoms with Gasteiger partial charge in [-0.05, 0) is 32.9 Å². The highest BCUT2D eigenvalue weighted by atomic mass is 15.3. The summed E-state index contributed by atoms with van der Waals surface area (Å²) in [6.45, 7) is 2.06. The number of likely N-dealkylation sites (N-methyl/N-ethyl adjacent to an activating group) is 1. The van der Waals surface area contributed by atoms with Crippen LogP contribution in [0, 0.1) is 6.92 Å². The van der Waals surface area contributed by atoms with Gasteiger partial charge in [0.25, 0.3) is 0 Å². The summed E-state index contributed by atoms with van der Waals surface area (Å²) in [4.78, 5) is 0. The van der Waals surface area contributed by atoms with Gasteiger partial charge in [0.05, 0.1) is 11.7 Å². The number of aromatic nitrogens is 2. The zero-order valence-electron chi connectivity index (χ0n) is 9.74. The molecule has 1 N–H and O–H groups in total. The van der Waals surface area contributed by atoms with Crippen LogP contribution in [0.5, 0.6) is 0 Å². The first-order valence-electron chi connectivity index (χ1n) is 6.00. The predicted octanol–water partition coefficient (Wildman–Crippen LogP) is 2.28. The van der Waals surface area contributed by atoms with E-state index in [-0.39, 0.29) is 0 Å². The molecule has 3 nitrogen and oxygen atoms in total. The molecular weight excluding hydrogens is 186 g/mol. The van der Waals surface area contributed by atoms with Gasteiger partial charge in [0, 0.05) is 12.2 Å². The van der Waals surface area contributed by atoms with Crippen LogP contribution in [-0.2, 0) is 0 Å². The minimum Gasteiger partial charge on any atom is -0.315 e. The lowest BCUT2D eigenvalue weighted by molar-refractivity contribution is 0.322. The Kier molecular flexibility index (Phi) is 3.41. The summed E-state index contributed by atoms with van der Waals surface area (Å²) in [6.07, 6.45) is 8.71. The van der Waals surface area contributed by atoms with Crippen molar-refractivity contribution in [3.8, 4) is 0 Å². The molecule has 0 saturated heterocycles. The fraction of sp³-hybridized carbons (Fsp3) is 0.750. The van der Waals surface area contributed by atoms with Crippen molar-refractivity contribution in [3.63, 3.8) is 0 Å². The molecule has 1 aromatic rings. The maximum Gasteiger partial charge on any atom is 0.0672 e. The van der Waals surface area contributed by atoms with Crippen molar-refractivity contribution in [2.45, 2.75) is 51.1 Å². The Balaban J connectivity index is 2.16. The second-order valence-electron chi connectivity index (χ2n) is 4.54. The second-order valence-corrected chi connectivity index (χ2v) is 4.54. The average Bonchev–Trinajstić information content (AvgIpc) is 2.54. The van der Waals surface area contributed by atoms with Crippen molar-refractivity contribution in [1.29, 1.82) is 0 Å². The molecule has 3 heteroatoms. The third-order valence-electron chi connectivity index (χ3n) is 3.43. The summed E-state index contributed by atoms with van der Waals surface area (Å²) in [5, 5.41) is 7.99. The highest BCUT2D eigenvalue weighted by Crippen LogP contribution is 2.26. The van der Waals surface area contributed by atoms with E-state index in [1.54, 1.807) is 0 Å². The van der Waals surface area contributed by atoms with E-state index in [9.17, 15) is 0 Å². The van der Waals surface area contributed by atoms with E-state index in [4.69, 9.17) is 0 Å². The van der Waals surface area contributed by atoms with E-state index in [0.29, 0.717) is 12.1 Å². The molecule has 1 aliphatic rings. The monoisotopic (exact) mass is 207 g/mol. The molecule has 0 spiro atoms. The van der Waals surface area contributed by atoms with Gasteiger partial charge in [-0.1, -0.05) is 19.3 Å². The molecule has 84 valence electrons. The fourth-order valence-corrected chi connectivity index (χ4v) is 2.56. The summed E-state index contributed by atoms with van der Waals surface area (Å²) < 4.78 is 2.15. The molecule has 2 unspecified atom stereocenters. The van der Waals surface area contributed by atoms with E-state index in [0.717, 1.165) is 5.69 Å². The Hall–Kier alpha value is -0.830. The van der Waals surface area contributed by atoms with Gasteiger partial charge in [0.2, 0.25) is 0 Å².